The molecule has 0 radical (unpaired) electrons. The molecule has 0 saturated carbocycles. The number of rotatable bonds is 5. The highest BCUT2D eigenvalue weighted by Gasteiger charge is 2.18. The lowest BCUT2D eigenvalue weighted by Gasteiger charge is -2.18. The number of benzene rings is 3. The molecule has 0 aromatic heterocycles. The molecular formula is C23H15Br2IN2O5. The van der Waals surface area contributed by atoms with Crippen LogP contribution in [-0.2, 0) is 0 Å². The fourth-order valence-electron chi connectivity index (χ4n) is 2.97. The van der Waals surface area contributed by atoms with Crippen molar-refractivity contribution < 1.29 is 23.8 Å². The Hall–Kier alpha value is -2.44. The minimum absolute atomic E-state index is 0.278. The monoisotopic (exact) mass is 684 g/mol. The number of nitrogens with one attached hydrogen (secondary N) is 1. The lowest BCUT2D eigenvalue weighted by molar-refractivity contribution is 0.0731. The van der Waals surface area contributed by atoms with Crippen molar-refractivity contribution in [3.05, 3.63) is 83.8 Å². The predicted octanol–water partition coefficient (Wildman–Crippen LogP) is 5.57. The summed E-state index contributed by atoms with van der Waals surface area (Å²) in [5.74, 6) is 0.464. The van der Waals surface area contributed by atoms with E-state index in [4.69, 9.17) is 14.2 Å². The molecule has 33 heavy (non-hydrogen) atoms. The van der Waals surface area contributed by atoms with Crippen LogP contribution in [-0.4, -0.2) is 31.3 Å². The van der Waals surface area contributed by atoms with Gasteiger partial charge in [0.05, 0.1) is 16.3 Å². The van der Waals surface area contributed by atoms with Crippen LogP contribution in [0.1, 0.15) is 26.3 Å². The number of fused-ring (bicyclic) bond motifs is 1. The molecule has 1 aliphatic rings. The third-order valence-electron chi connectivity index (χ3n) is 4.50. The average molecular weight is 686 g/mol. The van der Waals surface area contributed by atoms with Crippen LogP contribution < -0.4 is 19.6 Å². The summed E-state index contributed by atoms with van der Waals surface area (Å²) in [7, 11) is 0. The second kappa shape index (κ2) is 10.7. The van der Waals surface area contributed by atoms with Gasteiger partial charge in [-0.25, -0.2) is 10.2 Å². The van der Waals surface area contributed by atoms with Gasteiger partial charge in [0.2, 0.25) is 0 Å². The first-order valence-electron chi connectivity index (χ1n) is 9.61. The maximum absolute atomic E-state index is 12.7. The van der Waals surface area contributed by atoms with Crippen molar-refractivity contribution in [3.8, 4) is 17.2 Å². The highest BCUT2D eigenvalue weighted by Crippen LogP contribution is 2.33. The number of amides is 1. The molecule has 0 aliphatic carbocycles. The Morgan fingerprint density at radius 3 is 2.58 bits per heavy atom. The lowest BCUT2D eigenvalue weighted by atomic mass is 10.2. The Kier molecular flexibility index (Phi) is 7.66. The number of esters is 1. The fourth-order valence-corrected chi connectivity index (χ4v) is 4.91. The fraction of sp³-hybridized carbons (Fsp3) is 0.0870. The van der Waals surface area contributed by atoms with E-state index in [0.29, 0.717) is 45.9 Å². The first-order chi connectivity index (χ1) is 15.9. The third-order valence-corrected chi connectivity index (χ3v) is 6.49. The van der Waals surface area contributed by atoms with Crippen LogP contribution in [0, 0.1) is 3.57 Å². The summed E-state index contributed by atoms with van der Waals surface area (Å²) in [6.45, 7) is 0.902. The average Bonchev–Trinajstić information content (AvgIpc) is 2.81. The number of nitrogens with zero attached hydrogens (tertiary/aromatic N) is 1. The standard InChI is InChI=1S/C23H15Br2IN2O5/c24-15-9-14(21(17(25)11-15)33-23(30)16-3-1-2-4-18(16)26)12-27-28-22(29)13-5-6-19-20(10-13)32-8-7-31-19/h1-6,9-12H,7-8H2,(H,28,29)/b27-12+. The first kappa shape index (κ1) is 23.7. The van der Waals surface area contributed by atoms with Gasteiger partial charge in [-0.05, 0) is 81.0 Å². The minimum atomic E-state index is -0.502. The predicted molar refractivity (Wildman–Crippen MR) is 138 cm³/mol. The second-order valence-electron chi connectivity index (χ2n) is 6.73. The number of carbonyl (C=O) groups is 2. The number of carbonyl (C=O) groups excluding carboxylic acids is 2. The molecule has 0 unspecified atom stereocenters. The number of hydrazone groups is 1. The van der Waals surface area contributed by atoms with Gasteiger partial charge < -0.3 is 14.2 Å². The summed E-state index contributed by atoms with van der Waals surface area (Å²) in [6.07, 6.45) is 1.41. The van der Waals surface area contributed by atoms with Crippen LogP contribution in [0.15, 0.2) is 68.6 Å². The molecule has 0 bridgehead atoms. The Balaban J connectivity index is 1.52. The zero-order valence-electron chi connectivity index (χ0n) is 16.8. The molecule has 3 aromatic rings. The summed E-state index contributed by atoms with van der Waals surface area (Å²) < 4.78 is 18.7. The number of ether oxygens (including phenoxy) is 3. The van der Waals surface area contributed by atoms with Gasteiger partial charge in [-0.1, -0.05) is 28.1 Å². The summed E-state index contributed by atoms with van der Waals surface area (Å²) in [5.41, 5.74) is 3.78. The first-order valence-corrected chi connectivity index (χ1v) is 12.3. The molecule has 1 amide bonds. The molecule has 3 aromatic carbocycles. The van der Waals surface area contributed by atoms with Crippen LogP contribution in [0.25, 0.3) is 0 Å². The lowest BCUT2D eigenvalue weighted by Crippen LogP contribution is -2.19. The second-order valence-corrected chi connectivity index (χ2v) is 9.67. The van der Waals surface area contributed by atoms with Gasteiger partial charge in [0.25, 0.3) is 5.91 Å². The van der Waals surface area contributed by atoms with Gasteiger partial charge in [-0.2, -0.15) is 5.10 Å². The van der Waals surface area contributed by atoms with Gasteiger partial charge in [0, 0.05) is 19.2 Å². The highest BCUT2D eigenvalue weighted by atomic mass is 127. The third kappa shape index (κ3) is 5.74. The molecule has 0 saturated heterocycles. The van der Waals surface area contributed by atoms with Crippen LogP contribution in [0.5, 0.6) is 17.2 Å². The van der Waals surface area contributed by atoms with E-state index >= 15 is 0 Å². The number of halogens is 3. The van der Waals surface area contributed by atoms with Crippen LogP contribution in [0.3, 0.4) is 0 Å². The summed E-state index contributed by atoms with van der Waals surface area (Å²) in [4.78, 5) is 25.2. The molecule has 10 heteroatoms. The molecule has 0 fully saturated rings. The zero-order chi connectivity index (χ0) is 23.4. The normalized spacial score (nSPS) is 12.5. The van der Waals surface area contributed by atoms with Gasteiger partial charge in [-0.15, -0.1) is 0 Å². The molecule has 4 rings (SSSR count). The Labute approximate surface area is 219 Å². The molecular weight excluding hydrogens is 671 g/mol. The topological polar surface area (TPSA) is 86.2 Å². The van der Waals surface area contributed by atoms with E-state index in [2.05, 4.69) is 65.0 Å². The quantitative estimate of drug-likeness (QED) is 0.125. The van der Waals surface area contributed by atoms with Crippen molar-refractivity contribution in [2.75, 3.05) is 13.2 Å². The van der Waals surface area contributed by atoms with E-state index < -0.39 is 11.9 Å². The van der Waals surface area contributed by atoms with E-state index in [-0.39, 0.29) is 5.75 Å². The van der Waals surface area contributed by atoms with E-state index in [1.807, 2.05) is 12.1 Å². The number of hydrogen-bond acceptors (Lipinski definition) is 6. The highest BCUT2D eigenvalue weighted by molar-refractivity contribution is 14.1. The molecule has 7 nitrogen and oxygen atoms in total. The van der Waals surface area contributed by atoms with Gasteiger partial charge >= 0.3 is 5.97 Å². The van der Waals surface area contributed by atoms with Crippen molar-refractivity contribution >= 4 is 72.5 Å². The van der Waals surface area contributed by atoms with Crippen LogP contribution in [0.2, 0.25) is 0 Å². The maximum atomic E-state index is 12.7. The Bertz CT molecular complexity index is 1270. The van der Waals surface area contributed by atoms with Crippen molar-refractivity contribution in [2.45, 2.75) is 0 Å². The molecule has 0 atom stereocenters. The van der Waals surface area contributed by atoms with Crippen molar-refractivity contribution in [1.82, 2.24) is 5.43 Å². The smallest absolute Gasteiger partial charge is 0.344 e. The largest absolute Gasteiger partial charge is 0.486 e. The van der Waals surface area contributed by atoms with Crippen LogP contribution in [0.4, 0.5) is 0 Å². The van der Waals surface area contributed by atoms with Crippen molar-refractivity contribution in [2.24, 2.45) is 5.10 Å². The van der Waals surface area contributed by atoms with E-state index in [1.165, 1.54) is 6.21 Å². The zero-order valence-corrected chi connectivity index (χ0v) is 22.1. The summed E-state index contributed by atoms with van der Waals surface area (Å²) in [6, 6.07) is 15.5. The maximum Gasteiger partial charge on any atom is 0.344 e. The summed E-state index contributed by atoms with van der Waals surface area (Å²) in [5, 5.41) is 4.04. The van der Waals surface area contributed by atoms with Crippen molar-refractivity contribution in [1.29, 1.82) is 0 Å². The molecule has 1 N–H and O–H groups in total. The van der Waals surface area contributed by atoms with E-state index in [1.54, 1.807) is 42.5 Å². The van der Waals surface area contributed by atoms with Gasteiger partial charge in [0.15, 0.2) is 17.2 Å². The SMILES string of the molecule is O=C(N/N=C/c1cc(Br)cc(Br)c1OC(=O)c1ccccc1I)c1ccc2c(c1)OCCO2. The van der Waals surface area contributed by atoms with Gasteiger partial charge in [0.1, 0.15) is 13.2 Å². The van der Waals surface area contributed by atoms with E-state index in [9.17, 15) is 9.59 Å². The van der Waals surface area contributed by atoms with Gasteiger partial charge in [-0.3, -0.25) is 4.79 Å². The number of hydrogen-bond donors (Lipinski definition) is 1. The molecule has 168 valence electrons. The molecule has 1 heterocycles. The minimum Gasteiger partial charge on any atom is -0.486 e. The Morgan fingerprint density at radius 2 is 1.79 bits per heavy atom. The molecule has 0 spiro atoms. The Morgan fingerprint density at radius 1 is 1.03 bits per heavy atom. The molecule has 1 aliphatic heterocycles. The van der Waals surface area contributed by atoms with Crippen molar-refractivity contribution in [3.63, 3.8) is 0 Å². The summed E-state index contributed by atoms with van der Waals surface area (Å²) >= 11 is 8.92. The van der Waals surface area contributed by atoms with E-state index in [0.717, 1.165) is 8.04 Å². The van der Waals surface area contributed by atoms with Crippen LogP contribution >= 0.6 is 54.5 Å².